The van der Waals surface area contributed by atoms with E-state index in [1.165, 1.54) is 0 Å². The summed E-state index contributed by atoms with van der Waals surface area (Å²) in [6, 6.07) is 14.6. The van der Waals surface area contributed by atoms with Gasteiger partial charge in [0.25, 0.3) is 0 Å². The van der Waals surface area contributed by atoms with Crippen LogP contribution >= 0.6 is 0 Å². The average molecular weight is 250 g/mol. The number of aliphatic hydroxyl groups is 1. The van der Waals surface area contributed by atoms with Crippen molar-refractivity contribution in [2.75, 3.05) is 4.90 Å². The van der Waals surface area contributed by atoms with E-state index < -0.39 is 6.23 Å². The zero-order chi connectivity index (χ0) is 13.0. The molecule has 2 aliphatic rings. The van der Waals surface area contributed by atoms with Crippen molar-refractivity contribution in [2.24, 2.45) is 4.99 Å². The van der Waals surface area contributed by atoms with Gasteiger partial charge in [-0.1, -0.05) is 30.3 Å². The Morgan fingerprint density at radius 1 is 1.05 bits per heavy atom. The van der Waals surface area contributed by atoms with Gasteiger partial charge in [0, 0.05) is 11.1 Å². The summed E-state index contributed by atoms with van der Waals surface area (Å²) in [6.07, 6.45) is -0.865. The highest BCUT2D eigenvalue weighted by molar-refractivity contribution is 6.55. The quantitative estimate of drug-likeness (QED) is 0.781. The molecule has 0 aromatic heterocycles. The topological polar surface area (TPSA) is 52.9 Å². The van der Waals surface area contributed by atoms with E-state index >= 15 is 0 Å². The predicted octanol–water partition coefficient (Wildman–Crippen LogP) is 2.42. The molecule has 0 unspecified atom stereocenters. The van der Waals surface area contributed by atoms with Crippen LogP contribution in [-0.2, 0) is 0 Å². The van der Waals surface area contributed by atoms with Gasteiger partial charge in [-0.05, 0) is 18.2 Å². The fourth-order valence-electron chi connectivity index (χ4n) is 2.63. The normalized spacial score (nSPS) is 19.6. The van der Waals surface area contributed by atoms with Crippen molar-refractivity contribution in [2.45, 2.75) is 6.23 Å². The zero-order valence-electron chi connectivity index (χ0n) is 9.95. The molecule has 19 heavy (non-hydrogen) atoms. The van der Waals surface area contributed by atoms with Gasteiger partial charge in [-0.15, -0.1) is 0 Å². The number of nitrogens with zero attached hydrogens (tertiary/aromatic N) is 2. The highest BCUT2D eigenvalue weighted by atomic mass is 16.3. The van der Waals surface area contributed by atoms with Gasteiger partial charge >= 0.3 is 0 Å². The van der Waals surface area contributed by atoms with E-state index in [9.17, 15) is 9.90 Å². The number of carbonyl (C=O) groups is 1. The molecule has 2 aliphatic heterocycles. The summed E-state index contributed by atoms with van der Waals surface area (Å²) in [5.41, 5.74) is 2.68. The number of amidine groups is 1. The summed E-state index contributed by atoms with van der Waals surface area (Å²) in [7, 11) is 0. The number of rotatable bonds is 0. The molecule has 0 saturated carbocycles. The Bertz CT molecular complexity index is 736. The van der Waals surface area contributed by atoms with Crippen LogP contribution in [0.1, 0.15) is 22.1 Å². The van der Waals surface area contributed by atoms with E-state index in [-0.39, 0.29) is 5.78 Å². The second-order valence-electron chi connectivity index (χ2n) is 4.58. The second kappa shape index (κ2) is 3.52. The third-order valence-electron chi connectivity index (χ3n) is 3.53. The highest BCUT2D eigenvalue weighted by Gasteiger charge is 2.40. The number of hydrogen-bond acceptors (Lipinski definition) is 4. The highest BCUT2D eigenvalue weighted by Crippen LogP contribution is 2.41. The molecular formula is C15H10N2O2. The van der Waals surface area contributed by atoms with Gasteiger partial charge in [-0.2, -0.15) is 0 Å². The maximum Gasteiger partial charge on any atom is 0.230 e. The minimum Gasteiger partial charge on any atom is -0.369 e. The van der Waals surface area contributed by atoms with Gasteiger partial charge in [0.2, 0.25) is 5.78 Å². The van der Waals surface area contributed by atoms with E-state index in [1.807, 2.05) is 36.4 Å². The molecule has 0 bridgehead atoms. The van der Waals surface area contributed by atoms with Crippen molar-refractivity contribution in [1.29, 1.82) is 0 Å². The maximum absolute atomic E-state index is 12.3. The molecule has 2 aromatic carbocycles. The Kier molecular flexibility index (Phi) is 1.94. The fourth-order valence-corrected chi connectivity index (χ4v) is 2.63. The van der Waals surface area contributed by atoms with Gasteiger partial charge in [0.15, 0.2) is 12.1 Å². The van der Waals surface area contributed by atoms with Crippen LogP contribution < -0.4 is 4.90 Å². The molecule has 2 heterocycles. The van der Waals surface area contributed by atoms with Gasteiger partial charge in [-0.3, -0.25) is 9.69 Å². The smallest absolute Gasteiger partial charge is 0.230 e. The van der Waals surface area contributed by atoms with Crippen LogP contribution in [0.5, 0.6) is 0 Å². The number of anilines is 1. The van der Waals surface area contributed by atoms with Crippen molar-refractivity contribution >= 4 is 23.0 Å². The number of ketones is 1. The largest absolute Gasteiger partial charge is 0.369 e. The number of aliphatic imine (C=N–C) groups is 1. The van der Waals surface area contributed by atoms with Gasteiger partial charge in [0.05, 0.1) is 11.4 Å². The Balaban J connectivity index is 2.00. The lowest BCUT2D eigenvalue weighted by Crippen LogP contribution is -2.36. The summed E-state index contributed by atoms with van der Waals surface area (Å²) < 4.78 is 0. The Labute approximate surface area is 109 Å². The minimum atomic E-state index is -0.865. The van der Waals surface area contributed by atoms with Gasteiger partial charge < -0.3 is 5.11 Å². The fraction of sp³-hybridized carbons (Fsp3) is 0.0667. The number of benzene rings is 2. The first-order valence-corrected chi connectivity index (χ1v) is 6.06. The van der Waals surface area contributed by atoms with Crippen LogP contribution in [0.3, 0.4) is 0 Å². The first-order chi connectivity index (χ1) is 9.27. The van der Waals surface area contributed by atoms with Crippen molar-refractivity contribution in [3.63, 3.8) is 0 Å². The van der Waals surface area contributed by atoms with E-state index in [0.717, 1.165) is 5.56 Å². The lowest BCUT2D eigenvalue weighted by molar-refractivity contribution is 0.106. The lowest BCUT2D eigenvalue weighted by Gasteiger charge is -2.30. The summed E-state index contributed by atoms with van der Waals surface area (Å²) in [4.78, 5) is 18.3. The minimum absolute atomic E-state index is 0.135. The third-order valence-corrected chi connectivity index (χ3v) is 3.53. The van der Waals surface area contributed by atoms with Gasteiger partial charge in [-0.25, -0.2) is 4.99 Å². The van der Waals surface area contributed by atoms with Crippen LogP contribution in [0, 0.1) is 0 Å². The Morgan fingerprint density at radius 3 is 2.68 bits per heavy atom. The van der Waals surface area contributed by atoms with Crippen molar-refractivity contribution < 1.29 is 9.90 Å². The summed E-state index contributed by atoms with van der Waals surface area (Å²) in [5, 5.41) is 10.5. The number of fused-ring (bicyclic) bond motifs is 4. The molecule has 0 saturated heterocycles. The lowest BCUT2D eigenvalue weighted by atomic mass is 10.1. The molecule has 0 radical (unpaired) electrons. The number of hydrogen-bond donors (Lipinski definition) is 1. The van der Waals surface area contributed by atoms with Crippen LogP contribution in [0.25, 0.3) is 0 Å². The second-order valence-corrected chi connectivity index (χ2v) is 4.58. The SMILES string of the molecule is O=C1C2=Nc3ccccc3[C@H](O)N2c2ccccc21. The molecule has 0 spiro atoms. The number of para-hydroxylation sites is 2. The van der Waals surface area contributed by atoms with Crippen molar-refractivity contribution in [1.82, 2.24) is 0 Å². The molecule has 0 amide bonds. The Hall–Kier alpha value is -2.46. The predicted molar refractivity (Wildman–Crippen MR) is 71.7 cm³/mol. The molecule has 0 aliphatic carbocycles. The summed E-state index contributed by atoms with van der Waals surface area (Å²) in [5.74, 6) is 0.163. The molecule has 2 aromatic rings. The monoisotopic (exact) mass is 250 g/mol. The summed E-state index contributed by atoms with van der Waals surface area (Å²) >= 11 is 0. The first-order valence-electron chi connectivity index (χ1n) is 6.06. The molecule has 4 rings (SSSR count). The van der Waals surface area contributed by atoms with Crippen LogP contribution in [-0.4, -0.2) is 16.7 Å². The average Bonchev–Trinajstić information content (AvgIpc) is 2.74. The molecule has 1 atom stereocenters. The van der Waals surface area contributed by atoms with Crippen LogP contribution in [0.4, 0.5) is 11.4 Å². The van der Waals surface area contributed by atoms with Crippen LogP contribution in [0.15, 0.2) is 53.5 Å². The third kappa shape index (κ3) is 1.26. The molecule has 4 nitrogen and oxygen atoms in total. The van der Waals surface area contributed by atoms with E-state index in [4.69, 9.17) is 0 Å². The number of Topliss-reactive ketones (excluding diaryl/α,β-unsaturated/α-hetero) is 1. The number of carbonyl (C=O) groups excluding carboxylic acids is 1. The molecule has 0 fully saturated rings. The molecule has 92 valence electrons. The molecule has 1 N–H and O–H groups in total. The first kappa shape index (κ1) is 10.5. The number of aliphatic hydroxyl groups excluding tert-OH is 1. The van der Waals surface area contributed by atoms with Gasteiger partial charge in [0.1, 0.15) is 0 Å². The van der Waals surface area contributed by atoms with Crippen LogP contribution in [0.2, 0.25) is 0 Å². The van der Waals surface area contributed by atoms with E-state index in [0.29, 0.717) is 22.8 Å². The maximum atomic E-state index is 12.3. The molecular weight excluding hydrogens is 240 g/mol. The van der Waals surface area contributed by atoms with E-state index in [1.54, 1.807) is 17.0 Å². The molecule has 4 heteroatoms. The summed E-state index contributed by atoms with van der Waals surface area (Å²) in [6.45, 7) is 0. The zero-order valence-corrected chi connectivity index (χ0v) is 9.95. The standard InChI is InChI=1S/C15H10N2O2/c18-13-10-6-2-4-8-12(10)17-14(13)16-11-7-3-1-5-9(11)15(17)19/h1-8,15,19H/t15-/m0/s1. The van der Waals surface area contributed by atoms with E-state index in [2.05, 4.69) is 4.99 Å². The Morgan fingerprint density at radius 2 is 1.79 bits per heavy atom. The van der Waals surface area contributed by atoms with Crippen molar-refractivity contribution in [3.05, 3.63) is 59.7 Å². The van der Waals surface area contributed by atoms with Crippen molar-refractivity contribution in [3.8, 4) is 0 Å².